The van der Waals surface area contributed by atoms with E-state index in [4.69, 9.17) is 9.47 Å². The van der Waals surface area contributed by atoms with Gasteiger partial charge in [0.2, 0.25) is 0 Å². The summed E-state index contributed by atoms with van der Waals surface area (Å²) >= 11 is 1.77. The Morgan fingerprint density at radius 1 is 1.12 bits per heavy atom. The van der Waals surface area contributed by atoms with E-state index in [9.17, 15) is 9.59 Å². The molecule has 1 N–H and O–H groups in total. The molecule has 1 aromatic heterocycles. The molecular formula is C26H28N2O4S. The van der Waals surface area contributed by atoms with Crippen LogP contribution in [0.4, 0.5) is 10.5 Å². The van der Waals surface area contributed by atoms with Crippen LogP contribution in [0.5, 0.6) is 5.75 Å². The normalized spacial score (nSPS) is 15.0. The van der Waals surface area contributed by atoms with Crippen LogP contribution in [0.15, 0.2) is 48.5 Å². The van der Waals surface area contributed by atoms with Crippen LogP contribution in [-0.2, 0) is 17.6 Å². The van der Waals surface area contributed by atoms with Gasteiger partial charge in [-0.1, -0.05) is 31.2 Å². The summed E-state index contributed by atoms with van der Waals surface area (Å²) in [4.78, 5) is 30.1. The van der Waals surface area contributed by atoms with E-state index < -0.39 is 5.97 Å². The quantitative estimate of drug-likeness (QED) is 0.500. The van der Waals surface area contributed by atoms with Gasteiger partial charge in [-0.15, -0.1) is 11.3 Å². The number of anilines is 1. The highest BCUT2D eigenvalue weighted by Gasteiger charge is 2.35. The van der Waals surface area contributed by atoms with Gasteiger partial charge in [0.15, 0.2) is 0 Å². The van der Waals surface area contributed by atoms with Crippen molar-refractivity contribution < 1.29 is 19.1 Å². The number of carbonyl (C=O) groups excluding carboxylic acids is 2. The lowest BCUT2D eigenvalue weighted by molar-refractivity contribution is 0.0602. The van der Waals surface area contributed by atoms with E-state index in [1.807, 2.05) is 29.2 Å². The number of thiophene rings is 1. The van der Waals surface area contributed by atoms with Gasteiger partial charge >= 0.3 is 12.0 Å². The molecule has 2 amide bonds. The number of nitrogens with one attached hydrogen (secondary N) is 1. The van der Waals surface area contributed by atoms with Crippen molar-refractivity contribution >= 4 is 29.0 Å². The number of ether oxygens (including phenoxy) is 2. The molecule has 0 aliphatic carbocycles. The lowest BCUT2D eigenvalue weighted by Crippen LogP contribution is -2.42. The molecule has 6 nitrogen and oxygen atoms in total. The summed E-state index contributed by atoms with van der Waals surface area (Å²) in [6.07, 6.45) is 1.78. The van der Waals surface area contributed by atoms with E-state index in [0.717, 1.165) is 24.2 Å². The second-order valence-electron chi connectivity index (χ2n) is 7.92. The van der Waals surface area contributed by atoms with Crippen molar-refractivity contribution in [2.24, 2.45) is 0 Å². The number of fused-ring (bicyclic) bond motifs is 1. The number of urea groups is 1. The number of hydrogen-bond acceptors (Lipinski definition) is 5. The largest absolute Gasteiger partial charge is 0.497 e. The first kappa shape index (κ1) is 22.9. The maximum Gasteiger partial charge on any atom is 0.339 e. The first-order valence-electron chi connectivity index (χ1n) is 11.0. The number of amides is 2. The van der Waals surface area contributed by atoms with Crippen molar-refractivity contribution in [2.45, 2.75) is 32.7 Å². The van der Waals surface area contributed by atoms with Crippen LogP contribution in [0.25, 0.3) is 0 Å². The third-order valence-electron chi connectivity index (χ3n) is 6.13. The number of benzene rings is 2. The average molecular weight is 465 g/mol. The van der Waals surface area contributed by atoms with Crippen molar-refractivity contribution in [1.29, 1.82) is 0 Å². The Morgan fingerprint density at radius 2 is 1.85 bits per heavy atom. The first-order chi connectivity index (χ1) is 16.0. The molecule has 2 aromatic carbocycles. The highest BCUT2D eigenvalue weighted by molar-refractivity contribution is 7.12. The SMILES string of the molecule is CCc1c(C)sc2c1CCN(C(=O)Nc1ccccc1C(=O)OC)[C@H]2c1ccc(OC)cc1. The monoisotopic (exact) mass is 464 g/mol. The fraction of sp³-hybridized carbons (Fsp3) is 0.308. The smallest absolute Gasteiger partial charge is 0.339 e. The average Bonchev–Trinajstić information content (AvgIpc) is 3.18. The summed E-state index contributed by atoms with van der Waals surface area (Å²) < 4.78 is 10.2. The van der Waals surface area contributed by atoms with Gasteiger partial charge in [-0.25, -0.2) is 9.59 Å². The summed E-state index contributed by atoms with van der Waals surface area (Å²) in [5, 5.41) is 2.95. The molecule has 0 saturated carbocycles. The van der Waals surface area contributed by atoms with Crippen molar-refractivity contribution in [3.05, 3.63) is 80.5 Å². The zero-order chi connectivity index (χ0) is 23.5. The van der Waals surface area contributed by atoms with Crippen molar-refractivity contribution in [3.8, 4) is 5.75 Å². The van der Waals surface area contributed by atoms with Gasteiger partial charge in [-0.3, -0.25) is 0 Å². The Morgan fingerprint density at radius 3 is 2.52 bits per heavy atom. The Labute approximate surface area is 198 Å². The third-order valence-corrected chi connectivity index (χ3v) is 7.37. The number of rotatable bonds is 5. The number of para-hydroxylation sites is 1. The fourth-order valence-electron chi connectivity index (χ4n) is 4.51. The number of esters is 1. The Bertz CT molecular complexity index is 1170. The Balaban J connectivity index is 1.73. The minimum atomic E-state index is -0.486. The van der Waals surface area contributed by atoms with Gasteiger partial charge in [0.25, 0.3) is 0 Å². The molecule has 4 rings (SSSR count). The van der Waals surface area contributed by atoms with Crippen molar-refractivity contribution in [3.63, 3.8) is 0 Å². The summed E-state index contributed by atoms with van der Waals surface area (Å²) in [6, 6.07) is 14.3. The molecule has 0 unspecified atom stereocenters. The van der Waals surface area contributed by atoms with Crippen LogP contribution < -0.4 is 10.1 Å². The van der Waals surface area contributed by atoms with Crippen LogP contribution >= 0.6 is 11.3 Å². The summed E-state index contributed by atoms with van der Waals surface area (Å²) in [5.41, 5.74) is 4.54. The van der Waals surface area contributed by atoms with E-state index in [2.05, 4.69) is 19.2 Å². The Hall–Kier alpha value is -3.32. The van der Waals surface area contributed by atoms with E-state index in [-0.39, 0.29) is 12.1 Å². The summed E-state index contributed by atoms with van der Waals surface area (Å²) in [6.45, 7) is 4.92. The molecule has 2 heterocycles. The molecule has 172 valence electrons. The minimum absolute atomic E-state index is 0.214. The molecule has 1 aliphatic heterocycles. The fourth-order valence-corrected chi connectivity index (χ4v) is 5.96. The van der Waals surface area contributed by atoms with Gasteiger partial charge < -0.3 is 19.7 Å². The molecule has 7 heteroatoms. The number of hydrogen-bond donors (Lipinski definition) is 1. The molecule has 3 aromatic rings. The second-order valence-corrected chi connectivity index (χ2v) is 9.18. The van der Waals surface area contributed by atoms with Crippen molar-refractivity contribution in [2.75, 3.05) is 26.1 Å². The molecule has 33 heavy (non-hydrogen) atoms. The van der Waals surface area contributed by atoms with E-state index >= 15 is 0 Å². The maximum atomic E-state index is 13.6. The van der Waals surface area contributed by atoms with Crippen LogP contribution in [0, 0.1) is 6.92 Å². The molecule has 0 saturated heterocycles. The predicted octanol–water partition coefficient (Wildman–Crippen LogP) is 5.59. The number of aryl methyl sites for hydroxylation is 1. The molecule has 0 spiro atoms. The van der Waals surface area contributed by atoms with Gasteiger partial charge in [0.05, 0.1) is 31.5 Å². The second kappa shape index (κ2) is 9.67. The van der Waals surface area contributed by atoms with Gasteiger partial charge in [-0.2, -0.15) is 0 Å². The van der Waals surface area contributed by atoms with Crippen LogP contribution in [0.3, 0.4) is 0 Å². The van der Waals surface area contributed by atoms with Gasteiger partial charge in [0.1, 0.15) is 5.75 Å². The van der Waals surface area contributed by atoms with Gasteiger partial charge in [0, 0.05) is 16.3 Å². The molecule has 1 aliphatic rings. The molecule has 0 bridgehead atoms. The predicted molar refractivity (Wildman–Crippen MR) is 130 cm³/mol. The van der Waals surface area contributed by atoms with Crippen LogP contribution in [0.2, 0.25) is 0 Å². The zero-order valence-electron chi connectivity index (χ0n) is 19.3. The number of methoxy groups -OCH3 is 2. The van der Waals surface area contributed by atoms with Crippen molar-refractivity contribution in [1.82, 2.24) is 4.90 Å². The topological polar surface area (TPSA) is 67.9 Å². The molecule has 1 atom stereocenters. The molecule has 0 radical (unpaired) electrons. The van der Waals surface area contributed by atoms with Crippen LogP contribution in [-0.4, -0.2) is 37.7 Å². The maximum absolute atomic E-state index is 13.6. The summed E-state index contributed by atoms with van der Waals surface area (Å²) in [5.74, 6) is 0.286. The van der Waals surface area contributed by atoms with Gasteiger partial charge in [-0.05, 0) is 60.7 Å². The van der Waals surface area contributed by atoms with E-state index in [0.29, 0.717) is 17.8 Å². The highest BCUT2D eigenvalue weighted by Crippen LogP contribution is 2.43. The standard InChI is InChI=1S/C26H28N2O4S/c1-5-19-16(2)33-24-20(19)14-15-28(23(24)17-10-12-18(31-3)13-11-17)26(30)27-22-9-7-6-8-21(22)25(29)32-4/h6-13,23H,5,14-15H2,1-4H3,(H,27,30)/t23-/m0/s1. The third kappa shape index (κ3) is 4.33. The van der Waals surface area contributed by atoms with Crippen LogP contribution in [0.1, 0.15) is 49.8 Å². The molecular weight excluding hydrogens is 436 g/mol. The van der Waals surface area contributed by atoms with E-state index in [1.165, 1.54) is 28.0 Å². The lowest BCUT2D eigenvalue weighted by Gasteiger charge is -2.36. The number of nitrogens with zero attached hydrogens (tertiary/aromatic N) is 1. The summed E-state index contributed by atoms with van der Waals surface area (Å²) in [7, 11) is 2.97. The van der Waals surface area contributed by atoms with E-state index in [1.54, 1.807) is 42.7 Å². The zero-order valence-corrected chi connectivity index (χ0v) is 20.1. The Kier molecular flexibility index (Phi) is 6.70. The number of carbonyl (C=O) groups is 2. The first-order valence-corrected chi connectivity index (χ1v) is 11.8. The minimum Gasteiger partial charge on any atom is -0.497 e. The molecule has 0 fully saturated rings. The highest BCUT2D eigenvalue weighted by atomic mass is 32.1. The lowest BCUT2D eigenvalue weighted by atomic mass is 9.92.